The van der Waals surface area contributed by atoms with Gasteiger partial charge in [0.1, 0.15) is 0 Å². The van der Waals surface area contributed by atoms with Gasteiger partial charge in [-0.15, -0.1) is 0 Å². The Morgan fingerprint density at radius 2 is 1.82 bits per heavy atom. The summed E-state index contributed by atoms with van der Waals surface area (Å²) in [6.45, 7) is 7.84. The van der Waals surface area contributed by atoms with Crippen molar-refractivity contribution in [2.24, 2.45) is 11.3 Å². The predicted molar refractivity (Wildman–Crippen MR) is 70.1 cm³/mol. The van der Waals surface area contributed by atoms with Crippen molar-refractivity contribution in [2.45, 2.75) is 65.3 Å². The molecule has 1 aliphatic carbocycles. The molecule has 0 aliphatic heterocycles. The number of carboxylic acids is 1. The average Bonchev–Trinajstić information content (AvgIpc) is 2.23. The maximum atomic E-state index is 10.4. The summed E-state index contributed by atoms with van der Waals surface area (Å²) in [6.07, 6.45) is 6.13. The summed E-state index contributed by atoms with van der Waals surface area (Å²) in [6, 6.07) is 0.613. The Labute approximate surface area is 105 Å². The van der Waals surface area contributed by atoms with Crippen LogP contribution in [0.15, 0.2) is 0 Å². The summed E-state index contributed by atoms with van der Waals surface area (Å²) in [5.74, 6) is 0.155. The maximum Gasteiger partial charge on any atom is 0.303 e. The summed E-state index contributed by atoms with van der Waals surface area (Å²) < 4.78 is 0. The van der Waals surface area contributed by atoms with Gasteiger partial charge in [0.05, 0.1) is 0 Å². The van der Waals surface area contributed by atoms with E-state index >= 15 is 0 Å². The van der Waals surface area contributed by atoms with Gasteiger partial charge in [-0.3, -0.25) is 4.79 Å². The minimum atomic E-state index is -0.691. The second-order valence-corrected chi connectivity index (χ2v) is 6.37. The molecule has 0 saturated heterocycles. The fraction of sp³-hybridized carbons (Fsp3) is 0.929. The van der Waals surface area contributed by atoms with Crippen LogP contribution in [0.1, 0.15) is 59.3 Å². The lowest BCUT2D eigenvalue weighted by atomic mass is 9.71. The van der Waals surface area contributed by atoms with Gasteiger partial charge in [0.2, 0.25) is 0 Å². The monoisotopic (exact) mass is 241 g/mol. The molecule has 100 valence electrons. The van der Waals surface area contributed by atoms with Gasteiger partial charge in [-0.2, -0.15) is 0 Å². The van der Waals surface area contributed by atoms with E-state index < -0.39 is 5.97 Å². The van der Waals surface area contributed by atoms with E-state index in [0.717, 1.165) is 18.9 Å². The van der Waals surface area contributed by atoms with Crippen LogP contribution in [0.3, 0.4) is 0 Å². The molecule has 0 atom stereocenters. The maximum absolute atomic E-state index is 10.4. The molecule has 1 aliphatic rings. The third kappa shape index (κ3) is 5.53. The standard InChI is InChI=1S/C14H27NO2/c1-14(2,3)11-6-8-12(9-7-11)15-10-4-5-13(16)17/h11-12,15H,4-10H2,1-3H3,(H,16,17). The number of hydrogen-bond donors (Lipinski definition) is 2. The molecule has 1 rings (SSSR count). The Morgan fingerprint density at radius 1 is 1.24 bits per heavy atom. The largest absolute Gasteiger partial charge is 0.481 e. The molecule has 1 saturated carbocycles. The van der Waals surface area contributed by atoms with Gasteiger partial charge in [-0.05, 0) is 50.0 Å². The second kappa shape index (κ2) is 6.39. The molecule has 17 heavy (non-hydrogen) atoms. The lowest BCUT2D eigenvalue weighted by Crippen LogP contribution is -2.36. The van der Waals surface area contributed by atoms with Crippen molar-refractivity contribution in [3.8, 4) is 0 Å². The molecule has 0 aromatic heterocycles. The summed E-state index contributed by atoms with van der Waals surface area (Å²) >= 11 is 0. The zero-order valence-electron chi connectivity index (χ0n) is 11.5. The Morgan fingerprint density at radius 3 is 2.29 bits per heavy atom. The van der Waals surface area contributed by atoms with Crippen LogP contribution in [-0.2, 0) is 4.79 Å². The van der Waals surface area contributed by atoms with Crippen molar-refractivity contribution in [3.05, 3.63) is 0 Å². The fourth-order valence-corrected chi connectivity index (χ4v) is 2.71. The normalized spacial score (nSPS) is 25.8. The number of nitrogens with one attached hydrogen (secondary N) is 1. The molecule has 0 radical (unpaired) electrons. The van der Waals surface area contributed by atoms with Gasteiger partial charge >= 0.3 is 5.97 Å². The van der Waals surface area contributed by atoms with Crippen molar-refractivity contribution < 1.29 is 9.90 Å². The molecule has 0 bridgehead atoms. The lowest BCUT2D eigenvalue weighted by molar-refractivity contribution is -0.137. The molecule has 0 aromatic rings. The van der Waals surface area contributed by atoms with Crippen LogP contribution in [0.2, 0.25) is 0 Å². The van der Waals surface area contributed by atoms with E-state index in [4.69, 9.17) is 5.11 Å². The SMILES string of the molecule is CC(C)(C)C1CCC(NCCCC(=O)O)CC1. The molecule has 2 N–H and O–H groups in total. The van der Waals surface area contributed by atoms with Crippen LogP contribution in [-0.4, -0.2) is 23.7 Å². The van der Waals surface area contributed by atoms with Crippen LogP contribution < -0.4 is 5.32 Å². The summed E-state index contributed by atoms with van der Waals surface area (Å²) in [5.41, 5.74) is 0.439. The number of aliphatic carboxylic acids is 1. The molecule has 3 heteroatoms. The van der Waals surface area contributed by atoms with E-state index in [-0.39, 0.29) is 6.42 Å². The summed E-state index contributed by atoms with van der Waals surface area (Å²) in [4.78, 5) is 10.4. The van der Waals surface area contributed by atoms with Crippen LogP contribution in [0.4, 0.5) is 0 Å². The molecular weight excluding hydrogens is 214 g/mol. The van der Waals surface area contributed by atoms with Crippen molar-refractivity contribution >= 4 is 5.97 Å². The van der Waals surface area contributed by atoms with Gasteiger partial charge in [0.15, 0.2) is 0 Å². The van der Waals surface area contributed by atoms with E-state index in [9.17, 15) is 4.79 Å². The van der Waals surface area contributed by atoms with Gasteiger partial charge in [-0.1, -0.05) is 20.8 Å². The number of hydrogen-bond acceptors (Lipinski definition) is 2. The first-order valence-electron chi connectivity index (χ1n) is 6.85. The van der Waals surface area contributed by atoms with Crippen molar-refractivity contribution in [2.75, 3.05) is 6.54 Å². The van der Waals surface area contributed by atoms with Crippen molar-refractivity contribution in [1.82, 2.24) is 5.32 Å². The van der Waals surface area contributed by atoms with Gasteiger partial charge in [-0.25, -0.2) is 0 Å². The molecule has 1 fully saturated rings. The molecule has 3 nitrogen and oxygen atoms in total. The first kappa shape index (κ1) is 14.5. The molecule has 0 spiro atoms. The molecular formula is C14H27NO2. The first-order chi connectivity index (χ1) is 7.89. The Balaban J connectivity index is 2.13. The number of carbonyl (C=O) groups is 1. The molecule has 0 unspecified atom stereocenters. The van der Waals surface area contributed by atoms with Crippen LogP contribution >= 0.6 is 0 Å². The molecule has 0 amide bonds. The van der Waals surface area contributed by atoms with Gasteiger partial charge in [0, 0.05) is 12.5 Å². The summed E-state index contributed by atoms with van der Waals surface area (Å²) in [7, 11) is 0. The molecule has 0 heterocycles. The average molecular weight is 241 g/mol. The van der Waals surface area contributed by atoms with E-state index in [2.05, 4.69) is 26.1 Å². The highest BCUT2D eigenvalue weighted by Crippen LogP contribution is 2.37. The van der Waals surface area contributed by atoms with E-state index in [1.54, 1.807) is 0 Å². The zero-order chi connectivity index (χ0) is 12.9. The third-order valence-corrected chi connectivity index (χ3v) is 3.95. The highest BCUT2D eigenvalue weighted by Gasteiger charge is 2.29. The first-order valence-corrected chi connectivity index (χ1v) is 6.85. The van der Waals surface area contributed by atoms with E-state index in [0.29, 0.717) is 11.5 Å². The van der Waals surface area contributed by atoms with E-state index in [1.807, 2.05) is 0 Å². The molecule has 0 aromatic carbocycles. The Hall–Kier alpha value is -0.570. The van der Waals surface area contributed by atoms with E-state index in [1.165, 1.54) is 25.7 Å². The Kier molecular flexibility index (Phi) is 5.44. The third-order valence-electron chi connectivity index (χ3n) is 3.95. The number of rotatable bonds is 5. The fourth-order valence-electron chi connectivity index (χ4n) is 2.71. The van der Waals surface area contributed by atoms with Crippen LogP contribution in [0.5, 0.6) is 0 Å². The van der Waals surface area contributed by atoms with Crippen molar-refractivity contribution in [3.63, 3.8) is 0 Å². The lowest BCUT2D eigenvalue weighted by Gasteiger charge is -2.37. The minimum absolute atomic E-state index is 0.282. The predicted octanol–water partition coefficient (Wildman–Crippen LogP) is 3.05. The zero-order valence-corrected chi connectivity index (χ0v) is 11.5. The topological polar surface area (TPSA) is 49.3 Å². The highest BCUT2D eigenvalue weighted by atomic mass is 16.4. The Bertz CT molecular complexity index is 237. The van der Waals surface area contributed by atoms with Crippen LogP contribution in [0, 0.1) is 11.3 Å². The second-order valence-electron chi connectivity index (χ2n) is 6.37. The number of carboxylic acid groups (broad SMARTS) is 1. The van der Waals surface area contributed by atoms with Gasteiger partial charge < -0.3 is 10.4 Å². The van der Waals surface area contributed by atoms with Crippen molar-refractivity contribution in [1.29, 1.82) is 0 Å². The van der Waals surface area contributed by atoms with Gasteiger partial charge in [0.25, 0.3) is 0 Å². The minimum Gasteiger partial charge on any atom is -0.481 e. The quantitative estimate of drug-likeness (QED) is 0.727. The summed E-state index contributed by atoms with van der Waals surface area (Å²) in [5, 5.41) is 12.0. The van der Waals surface area contributed by atoms with Crippen LogP contribution in [0.25, 0.3) is 0 Å². The smallest absolute Gasteiger partial charge is 0.303 e. The highest BCUT2D eigenvalue weighted by molar-refractivity contribution is 5.66.